The average Bonchev–Trinajstić information content (AvgIpc) is 2.08. The summed E-state index contributed by atoms with van der Waals surface area (Å²) in [5, 5.41) is -0.450. The van der Waals surface area contributed by atoms with Crippen molar-refractivity contribution < 1.29 is 12.6 Å². The quantitative estimate of drug-likeness (QED) is 0.373. The minimum absolute atomic E-state index is 0.416. The van der Waals surface area contributed by atoms with Gasteiger partial charge >= 0.3 is 0 Å². The lowest BCUT2D eigenvalue weighted by atomic mass is 10.2. The zero-order valence-electron chi connectivity index (χ0n) is 5.57. The van der Waals surface area contributed by atoms with Crippen LogP contribution in [0.25, 0.3) is 0 Å². The molecule has 0 aromatic rings. The van der Waals surface area contributed by atoms with Gasteiger partial charge in [-0.25, -0.2) is 0 Å². The van der Waals surface area contributed by atoms with E-state index in [-0.39, 0.29) is 0 Å². The second-order valence-electron chi connectivity index (χ2n) is 2.29. The molecule has 0 aromatic carbocycles. The fraction of sp³-hybridized carbons (Fsp3) is 0.667. The highest BCUT2D eigenvalue weighted by molar-refractivity contribution is 7.87. The molecule has 0 spiro atoms. The number of rotatable bonds is 0. The second-order valence-corrected chi connectivity index (χ2v) is 4.27. The lowest BCUT2D eigenvalue weighted by Crippen LogP contribution is -2.09. The van der Waals surface area contributed by atoms with Gasteiger partial charge in [-0.15, -0.1) is 6.42 Å². The zero-order chi connectivity index (χ0) is 7.78. The Bertz CT molecular complexity index is 259. The molecule has 0 bridgehead atoms. The van der Waals surface area contributed by atoms with E-state index in [0.29, 0.717) is 6.42 Å². The van der Waals surface area contributed by atoms with Gasteiger partial charge in [0.05, 0.1) is 5.25 Å². The number of terminal acetylenes is 1. The van der Waals surface area contributed by atoms with E-state index in [1.807, 2.05) is 0 Å². The van der Waals surface area contributed by atoms with Gasteiger partial charge < -0.3 is 0 Å². The van der Waals surface area contributed by atoms with E-state index in [4.69, 9.17) is 6.42 Å². The molecule has 0 saturated carbocycles. The molecule has 3 nitrogen and oxygen atoms in total. The Kier molecular flexibility index (Phi) is 1.71. The first-order chi connectivity index (χ1) is 4.56. The maximum absolute atomic E-state index is 10.8. The molecule has 10 heavy (non-hydrogen) atoms. The van der Waals surface area contributed by atoms with Crippen LogP contribution in [0.2, 0.25) is 0 Å². The van der Waals surface area contributed by atoms with E-state index in [2.05, 4.69) is 10.1 Å². The molecular weight excluding hydrogens is 152 g/mol. The van der Waals surface area contributed by atoms with E-state index in [1.165, 1.54) is 0 Å². The van der Waals surface area contributed by atoms with Gasteiger partial charge in [-0.3, -0.25) is 4.18 Å². The Morgan fingerprint density at radius 2 is 2.30 bits per heavy atom. The Morgan fingerprint density at radius 1 is 1.70 bits per heavy atom. The zero-order valence-corrected chi connectivity index (χ0v) is 6.39. The first kappa shape index (κ1) is 7.58. The molecule has 1 rings (SSSR count). The van der Waals surface area contributed by atoms with Gasteiger partial charge in [0, 0.05) is 6.42 Å². The van der Waals surface area contributed by atoms with Crippen LogP contribution in [0.5, 0.6) is 0 Å². The smallest absolute Gasteiger partial charge is 0.253 e. The van der Waals surface area contributed by atoms with E-state index >= 15 is 0 Å². The Morgan fingerprint density at radius 3 is 2.50 bits per heavy atom. The third-order valence-corrected chi connectivity index (χ3v) is 3.15. The molecule has 2 atom stereocenters. The number of hydrogen-bond donors (Lipinski definition) is 0. The molecule has 4 heteroatoms. The average molecular weight is 160 g/mol. The van der Waals surface area contributed by atoms with Crippen molar-refractivity contribution in [3.63, 3.8) is 0 Å². The van der Waals surface area contributed by atoms with Crippen LogP contribution in [0.4, 0.5) is 0 Å². The van der Waals surface area contributed by atoms with Crippen molar-refractivity contribution in [1.82, 2.24) is 0 Å². The highest BCUT2D eigenvalue weighted by Gasteiger charge is 2.35. The van der Waals surface area contributed by atoms with Gasteiger partial charge in [0.1, 0.15) is 6.10 Å². The maximum Gasteiger partial charge on any atom is 0.271 e. The van der Waals surface area contributed by atoms with Gasteiger partial charge in [0.25, 0.3) is 10.1 Å². The van der Waals surface area contributed by atoms with Crippen molar-refractivity contribution >= 4 is 10.1 Å². The summed E-state index contributed by atoms with van der Waals surface area (Å²) in [4.78, 5) is 0. The summed E-state index contributed by atoms with van der Waals surface area (Å²) in [7, 11) is -3.33. The molecule has 1 fully saturated rings. The molecule has 1 heterocycles. The molecule has 0 amide bonds. The lowest BCUT2D eigenvalue weighted by Gasteiger charge is -1.94. The first-order valence-electron chi connectivity index (χ1n) is 2.94. The molecule has 2 unspecified atom stereocenters. The van der Waals surface area contributed by atoms with Crippen molar-refractivity contribution in [2.24, 2.45) is 0 Å². The third kappa shape index (κ3) is 1.15. The summed E-state index contributed by atoms with van der Waals surface area (Å²) in [5.41, 5.74) is 0. The normalized spacial score (nSPS) is 37.2. The van der Waals surface area contributed by atoms with Crippen LogP contribution in [0.3, 0.4) is 0 Å². The fourth-order valence-electron chi connectivity index (χ4n) is 0.811. The summed E-state index contributed by atoms with van der Waals surface area (Å²) < 4.78 is 26.2. The lowest BCUT2D eigenvalue weighted by molar-refractivity contribution is 0.294. The largest absolute Gasteiger partial charge is 0.271 e. The van der Waals surface area contributed by atoms with Crippen molar-refractivity contribution in [3.8, 4) is 12.3 Å². The van der Waals surface area contributed by atoms with Gasteiger partial charge in [-0.05, 0) is 6.92 Å². The fourth-order valence-corrected chi connectivity index (χ4v) is 1.87. The Hall–Kier alpha value is -0.530. The van der Waals surface area contributed by atoms with Crippen molar-refractivity contribution in [2.45, 2.75) is 24.7 Å². The summed E-state index contributed by atoms with van der Waals surface area (Å²) in [6, 6.07) is 0. The molecule has 0 aliphatic carbocycles. The first-order valence-corrected chi connectivity index (χ1v) is 4.41. The molecule has 1 aliphatic heterocycles. The summed E-state index contributed by atoms with van der Waals surface area (Å²) in [6.07, 6.45) is 4.85. The molecular formula is C6H8O3S. The highest BCUT2D eigenvalue weighted by Crippen LogP contribution is 2.22. The van der Waals surface area contributed by atoms with Crippen molar-refractivity contribution in [1.29, 1.82) is 0 Å². The standard InChI is InChI=1S/C6H8O3S/c1-3-6-4-5(2)10(7,8)9-6/h1,5-6H,4H2,2H3. The minimum Gasteiger partial charge on any atom is -0.253 e. The van der Waals surface area contributed by atoms with Gasteiger partial charge in [-0.2, -0.15) is 8.42 Å². The summed E-state index contributed by atoms with van der Waals surface area (Å²) in [6.45, 7) is 1.59. The SMILES string of the molecule is C#CC1CC(C)S(=O)(=O)O1. The molecule has 0 aromatic heterocycles. The minimum atomic E-state index is -3.33. The van der Waals surface area contributed by atoms with E-state index in [9.17, 15) is 8.42 Å². The van der Waals surface area contributed by atoms with E-state index < -0.39 is 21.5 Å². The van der Waals surface area contributed by atoms with Crippen LogP contribution in [0.15, 0.2) is 0 Å². The van der Waals surface area contributed by atoms with Crippen LogP contribution in [-0.2, 0) is 14.3 Å². The molecule has 1 saturated heterocycles. The molecule has 1 aliphatic rings. The maximum atomic E-state index is 10.8. The van der Waals surface area contributed by atoms with E-state index in [0.717, 1.165) is 0 Å². The van der Waals surface area contributed by atoms with Crippen LogP contribution in [0, 0.1) is 12.3 Å². The predicted molar refractivity (Wildman–Crippen MR) is 36.7 cm³/mol. The summed E-state index contributed by atoms with van der Waals surface area (Å²) >= 11 is 0. The topological polar surface area (TPSA) is 43.4 Å². The van der Waals surface area contributed by atoms with Crippen LogP contribution >= 0.6 is 0 Å². The molecule has 56 valence electrons. The van der Waals surface area contributed by atoms with Crippen molar-refractivity contribution in [2.75, 3.05) is 0 Å². The van der Waals surface area contributed by atoms with Gasteiger partial charge in [-0.1, -0.05) is 5.92 Å². The van der Waals surface area contributed by atoms with Crippen LogP contribution in [-0.4, -0.2) is 19.8 Å². The number of hydrogen-bond acceptors (Lipinski definition) is 3. The van der Waals surface area contributed by atoms with Crippen molar-refractivity contribution in [3.05, 3.63) is 0 Å². The highest BCUT2D eigenvalue weighted by atomic mass is 32.2. The van der Waals surface area contributed by atoms with Crippen LogP contribution < -0.4 is 0 Å². The third-order valence-electron chi connectivity index (χ3n) is 1.47. The Labute approximate surface area is 60.5 Å². The van der Waals surface area contributed by atoms with Gasteiger partial charge in [0.2, 0.25) is 0 Å². The summed E-state index contributed by atoms with van der Waals surface area (Å²) in [5.74, 6) is 2.25. The molecule has 0 radical (unpaired) electrons. The second kappa shape index (κ2) is 2.26. The Balaban J connectivity index is 2.84. The predicted octanol–water partition coefficient (Wildman–Crippen LogP) is 0.127. The van der Waals surface area contributed by atoms with Crippen LogP contribution in [0.1, 0.15) is 13.3 Å². The van der Waals surface area contributed by atoms with Gasteiger partial charge in [0.15, 0.2) is 0 Å². The monoisotopic (exact) mass is 160 g/mol. The van der Waals surface area contributed by atoms with E-state index in [1.54, 1.807) is 6.92 Å². The molecule has 0 N–H and O–H groups in total.